The highest BCUT2D eigenvalue weighted by atomic mass is 32.1. The van der Waals surface area contributed by atoms with Crippen molar-refractivity contribution in [1.29, 1.82) is 0 Å². The van der Waals surface area contributed by atoms with Crippen molar-refractivity contribution in [2.45, 2.75) is 33.1 Å². The predicted octanol–water partition coefficient (Wildman–Crippen LogP) is 4.86. The molecule has 1 heterocycles. The maximum absolute atomic E-state index is 13.8. The van der Waals surface area contributed by atoms with Crippen molar-refractivity contribution >= 4 is 17.1 Å². The van der Waals surface area contributed by atoms with Crippen LogP contribution in [0.25, 0.3) is 0 Å². The van der Waals surface area contributed by atoms with Gasteiger partial charge in [0.25, 0.3) is 0 Å². The molecule has 0 aliphatic carbocycles. The molecule has 0 aliphatic rings. The molecule has 0 radical (unpaired) electrons. The summed E-state index contributed by atoms with van der Waals surface area (Å²) in [6.45, 7) is 7.67. The van der Waals surface area contributed by atoms with Gasteiger partial charge < -0.3 is 0 Å². The highest BCUT2D eigenvalue weighted by Gasteiger charge is 2.21. The molecule has 4 heteroatoms. The molecular weight excluding hydrogens is 278 g/mol. The first-order valence-electron chi connectivity index (χ1n) is 6.31. The maximum atomic E-state index is 13.8. The molecule has 0 saturated heterocycles. The number of benzene rings is 1. The fourth-order valence-corrected chi connectivity index (χ4v) is 2.84. The van der Waals surface area contributed by atoms with Gasteiger partial charge in [0.05, 0.1) is 10.4 Å². The van der Waals surface area contributed by atoms with Crippen LogP contribution in [0.15, 0.2) is 24.3 Å². The number of hydrogen-bond donors (Lipinski definition) is 0. The average Bonchev–Trinajstić information content (AvgIpc) is 2.82. The summed E-state index contributed by atoms with van der Waals surface area (Å²) in [5.74, 6) is -1.85. The van der Waals surface area contributed by atoms with Gasteiger partial charge in [-0.1, -0.05) is 20.8 Å². The smallest absolute Gasteiger partial charge is 0.205 e. The number of carbonyl (C=O) groups excluding carboxylic acids is 1. The first-order valence-corrected chi connectivity index (χ1v) is 7.12. The zero-order chi connectivity index (χ0) is 15.1. The van der Waals surface area contributed by atoms with Crippen LogP contribution < -0.4 is 0 Å². The van der Waals surface area contributed by atoms with E-state index in [2.05, 4.69) is 20.8 Å². The first kappa shape index (κ1) is 14.9. The molecule has 0 spiro atoms. The molecule has 0 saturated carbocycles. The zero-order valence-corrected chi connectivity index (χ0v) is 12.7. The van der Waals surface area contributed by atoms with Crippen molar-refractivity contribution in [3.63, 3.8) is 0 Å². The Hall–Kier alpha value is -1.55. The van der Waals surface area contributed by atoms with Crippen molar-refractivity contribution in [3.05, 3.63) is 56.8 Å². The number of ketones is 1. The molecule has 2 aromatic rings. The van der Waals surface area contributed by atoms with Crippen molar-refractivity contribution in [2.75, 3.05) is 0 Å². The van der Waals surface area contributed by atoms with Crippen LogP contribution in [0.3, 0.4) is 0 Å². The van der Waals surface area contributed by atoms with E-state index in [1.54, 1.807) is 6.07 Å². The van der Waals surface area contributed by atoms with Gasteiger partial charge in [-0.25, -0.2) is 8.78 Å². The van der Waals surface area contributed by atoms with Crippen LogP contribution in [0.4, 0.5) is 8.78 Å². The molecule has 0 unspecified atom stereocenters. The van der Waals surface area contributed by atoms with E-state index in [1.807, 2.05) is 6.07 Å². The molecule has 0 fully saturated rings. The number of carbonyl (C=O) groups is 1. The quantitative estimate of drug-likeness (QED) is 0.723. The monoisotopic (exact) mass is 294 g/mol. The summed E-state index contributed by atoms with van der Waals surface area (Å²) in [5, 5.41) is 0. The molecule has 0 N–H and O–H groups in total. The van der Waals surface area contributed by atoms with Crippen LogP contribution in [0, 0.1) is 18.6 Å². The molecule has 1 aromatic heterocycles. The molecule has 0 amide bonds. The fraction of sp³-hybridized carbons (Fsp3) is 0.312. The number of rotatable bonds is 2. The van der Waals surface area contributed by atoms with E-state index < -0.39 is 17.4 Å². The normalized spacial score (nSPS) is 11.7. The minimum absolute atomic E-state index is 0.0551. The van der Waals surface area contributed by atoms with Gasteiger partial charge in [0.1, 0.15) is 11.6 Å². The largest absolute Gasteiger partial charge is 0.288 e. The van der Waals surface area contributed by atoms with Gasteiger partial charge in [-0.3, -0.25) is 4.79 Å². The minimum atomic E-state index is -0.816. The fourth-order valence-electron chi connectivity index (χ4n) is 1.83. The van der Waals surface area contributed by atoms with E-state index in [-0.39, 0.29) is 16.5 Å². The second-order valence-electron chi connectivity index (χ2n) is 5.82. The van der Waals surface area contributed by atoms with E-state index in [0.717, 1.165) is 10.9 Å². The molecular formula is C16H16F2OS. The lowest BCUT2D eigenvalue weighted by atomic mass is 9.95. The van der Waals surface area contributed by atoms with E-state index in [4.69, 9.17) is 0 Å². The Morgan fingerprint density at radius 2 is 1.75 bits per heavy atom. The van der Waals surface area contributed by atoms with Crippen LogP contribution in [-0.4, -0.2) is 5.78 Å². The van der Waals surface area contributed by atoms with Gasteiger partial charge in [-0.15, -0.1) is 11.3 Å². The lowest BCUT2D eigenvalue weighted by Gasteiger charge is -2.15. The van der Waals surface area contributed by atoms with Gasteiger partial charge >= 0.3 is 0 Å². The highest BCUT2D eigenvalue weighted by Crippen LogP contribution is 2.31. The average molecular weight is 294 g/mol. The predicted molar refractivity (Wildman–Crippen MR) is 77.5 cm³/mol. The summed E-state index contributed by atoms with van der Waals surface area (Å²) >= 11 is 1.35. The van der Waals surface area contributed by atoms with Crippen LogP contribution >= 0.6 is 11.3 Å². The van der Waals surface area contributed by atoms with Crippen LogP contribution in [0.1, 0.15) is 46.4 Å². The Morgan fingerprint density at radius 1 is 1.10 bits per heavy atom. The van der Waals surface area contributed by atoms with Gasteiger partial charge in [0.15, 0.2) is 0 Å². The minimum Gasteiger partial charge on any atom is -0.288 e. The van der Waals surface area contributed by atoms with Gasteiger partial charge in [0, 0.05) is 10.9 Å². The van der Waals surface area contributed by atoms with Crippen LogP contribution in [-0.2, 0) is 5.41 Å². The molecule has 0 bridgehead atoms. The summed E-state index contributed by atoms with van der Waals surface area (Å²) in [6, 6.07) is 5.61. The Labute approximate surface area is 121 Å². The Morgan fingerprint density at radius 3 is 2.30 bits per heavy atom. The standard InChI is InChI=1S/C16H16F2OS/c1-9-7-10(12(18)8-11(9)17)15(19)13-5-6-14(20-13)16(2,3)4/h5-8H,1-4H3. The van der Waals surface area contributed by atoms with E-state index >= 15 is 0 Å². The lowest BCUT2D eigenvalue weighted by Crippen LogP contribution is -2.08. The topological polar surface area (TPSA) is 17.1 Å². The summed E-state index contributed by atoms with van der Waals surface area (Å²) in [6.07, 6.45) is 0. The van der Waals surface area contributed by atoms with Crippen molar-refractivity contribution in [3.8, 4) is 0 Å². The molecule has 0 aliphatic heterocycles. The van der Waals surface area contributed by atoms with Gasteiger partial charge in [0.2, 0.25) is 5.78 Å². The maximum Gasteiger partial charge on any atom is 0.205 e. The highest BCUT2D eigenvalue weighted by molar-refractivity contribution is 7.14. The second kappa shape index (κ2) is 5.09. The number of aryl methyl sites for hydroxylation is 1. The molecule has 1 aromatic carbocycles. The molecule has 0 atom stereocenters. The zero-order valence-electron chi connectivity index (χ0n) is 11.9. The van der Waals surface area contributed by atoms with E-state index in [9.17, 15) is 13.6 Å². The summed E-state index contributed by atoms with van der Waals surface area (Å²) < 4.78 is 27.0. The number of thiophene rings is 1. The summed E-state index contributed by atoms with van der Waals surface area (Å²) in [7, 11) is 0. The summed E-state index contributed by atoms with van der Waals surface area (Å²) in [5.41, 5.74) is 0.133. The Kier molecular flexibility index (Phi) is 3.78. The van der Waals surface area contributed by atoms with Crippen molar-refractivity contribution in [1.82, 2.24) is 0 Å². The Bertz CT molecular complexity index is 666. The summed E-state index contributed by atoms with van der Waals surface area (Å²) in [4.78, 5) is 13.8. The first-order chi connectivity index (χ1) is 9.20. The van der Waals surface area contributed by atoms with Crippen molar-refractivity contribution in [2.24, 2.45) is 0 Å². The Balaban J connectivity index is 2.42. The van der Waals surface area contributed by atoms with E-state index in [1.165, 1.54) is 24.3 Å². The molecule has 106 valence electrons. The molecule has 20 heavy (non-hydrogen) atoms. The van der Waals surface area contributed by atoms with E-state index in [0.29, 0.717) is 4.88 Å². The number of hydrogen-bond acceptors (Lipinski definition) is 2. The molecule has 1 nitrogen and oxygen atoms in total. The van der Waals surface area contributed by atoms with Gasteiger partial charge in [-0.05, 0) is 36.1 Å². The third-order valence-corrected chi connectivity index (χ3v) is 4.57. The third kappa shape index (κ3) is 2.80. The number of halogens is 2. The third-order valence-electron chi connectivity index (χ3n) is 3.06. The van der Waals surface area contributed by atoms with Gasteiger partial charge in [-0.2, -0.15) is 0 Å². The second-order valence-corrected chi connectivity index (χ2v) is 6.91. The van der Waals surface area contributed by atoms with Crippen molar-refractivity contribution < 1.29 is 13.6 Å². The molecule has 2 rings (SSSR count). The van der Waals surface area contributed by atoms with Crippen LogP contribution in [0.2, 0.25) is 0 Å². The van der Waals surface area contributed by atoms with Crippen LogP contribution in [0.5, 0.6) is 0 Å². The SMILES string of the molecule is Cc1cc(C(=O)c2ccc(C(C)(C)C)s2)c(F)cc1F. The lowest BCUT2D eigenvalue weighted by molar-refractivity contribution is 0.103.